The summed E-state index contributed by atoms with van der Waals surface area (Å²) in [5, 5.41) is 11.8. The minimum Gasteiger partial charge on any atom is -0.544 e. The third kappa shape index (κ3) is 4.58. The number of aromatic carboxylic acids is 1. The highest BCUT2D eigenvalue weighted by Crippen LogP contribution is 2.32. The van der Waals surface area contributed by atoms with Crippen LogP contribution in [0.3, 0.4) is 0 Å². The first-order chi connectivity index (χ1) is 15.3. The van der Waals surface area contributed by atoms with E-state index in [4.69, 9.17) is 4.74 Å². The number of carbonyl (C=O) groups excluding carboxylic acids is 1. The molecule has 1 heterocycles. The van der Waals surface area contributed by atoms with Gasteiger partial charge >= 0.3 is 0 Å². The Labute approximate surface area is 192 Å². The molecule has 4 rings (SSSR count). The summed E-state index contributed by atoms with van der Waals surface area (Å²) >= 11 is 1.13. The van der Waals surface area contributed by atoms with Crippen LogP contribution in [0.4, 0.5) is 0 Å². The standard InChI is InChI=1S/C27H25NO3S/c1-18-24(26(29)30)32-25(28-18)20-11-9-19(10-12-20)17-31-23-15-13-22(14-16-23)27(2,3)21-7-5-4-6-8-21/h4-16H,17H2,1-3H3,(H,29,30)/p-1. The van der Waals surface area contributed by atoms with Gasteiger partial charge in [0.15, 0.2) is 0 Å². The van der Waals surface area contributed by atoms with E-state index in [1.54, 1.807) is 6.92 Å². The SMILES string of the molecule is Cc1nc(-c2ccc(COc3ccc(C(C)(C)c4ccccc4)cc3)cc2)sc1C(=O)[O-]. The molecule has 0 atom stereocenters. The zero-order chi connectivity index (χ0) is 22.7. The Morgan fingerprint density at radius 2 is 1.56 bits per heavy atom. The van der Waals surface area contributed by atoms with Gasteiger partial charge in [0.1, 0.15) is 17.4 Å². The zero-order valence-electron chi connectivity index (χ0n) is 18.3. The molecule has 4 nitrogen and oxygen atoms in total. The highest BCUT2D eigenvalue weighted by Gasteiger charge is 2.22. The molecule has 0 spiro atoms. The van der Waals surface area contributed by atoms with E-state index in [0.29, 0.717) is 17.3 Å². The van der Waals surface area contributed by atoms with Gasteiger partial charge < -0.3 is 14.6 Å². The minimum absolute atomic E-state index is 0.0830. The molecule has 0 aliphatic rings. The number of nitrogens with zero attached hydrogens (tertiary/aromatic N) is 1. The van der Waals surface area contributed by atoms with Gasteiger partial charge in [0.2, 0.25) is 0 Å². The first-order valence-electron chi connectivity index (χ1n) is 10.4. The quantitative estimate of drug-likeness (QED) is 0.385. The summed E-state index contributed by atoms with van der Waals surface area (Å²) in [5.41, 5.74) is 4.81. The second-order valence-corrected chi connectivity index (χ2v) is 9.22. The van der Waals surface area contributed by atoms with Crippen molar-refractivity contribution >= 4 is 17.3 Å². The number of carboxylic acid groups (broad SMARTS) is 1. The predicted octanol–water partition coefficient (Wildman–Crippen LogP) is 5.39. The van der Waals surface area contributed by atoms with Crippen molar-refractivity contribution in [2.45, 2.75) is 32.8 Å². The molecule has 1 aromatic heterocycles. The average Bonchev–Trinajstić information content (AvgIpc) is 3.21. The third-order valence-electron chi connectivity index (χ3n) is 5.66. The molecule has 162 valence electrons. The summed E-state index contributed by atoms with van der Waals surface area (Å²) in [6, 6.07) is 26.5. The molecular formula is C27H24NO3S-. The fraction of sp³-hybridized carbons (Fsp3) is 0.185. The van der Waals surface area contributed by atoms with Gasteiger partial charge in [-0.3, -0.25) is 0 Å². The van der Waals surface area contributed by atoms with Crippen molar-refractivity contribution < 1.29 is 14.6 Å². The maximum Gasteiger partial charge on any atom is 0.124 e. The van der Waals surface area contributed by atoms with Crippen LogP contribution in [-0.4, -0.2) is 11.0 Å². The number of carbonyl (C=O) groups is 1. The van der Waals surface area contributed by atoms with E-state index in [2.05, 4.69) is 55.2 Å². The fourth-order valence-electron chi connectivity index (χ4n) is 3.61. The second kappa shape index (κ2) is 8.97. The Balaban J connectivity index is 1.41. The van der Waals surface area contributed by atoms with Gasteiger partial charge in [-0.1, -0.05) is 80.6 Å². The van der Waals surface area contributed by atoms with Gasteiger partial charge in [0.05, 0.1) is 16.5 Å². The molecule has 0 unspecified atom stereocenters. The lowest BCUT2D eigenvalue weighted by Gasteiger charge is -2.26. The van der Waals surface area contributed by atoms with Crippen molar-refractivity contribution in [1.82, 2.24) is 4.98 Å². The van der Waals surface area contributed by atoms with E-state index in [-0.39, 0.29) is 10.3 Å². The number of hydrogen-bond donors (Lipinski definition) is 0. The molecule has 0 radical (unpaired) electrons. The van der Waals surface area contributed by atoms with E-state index in [1.165, 1.54) is 11.1 Å². The third-order valence-corrected chi connectivity index (χ3v) is 6.85. The summed E-state index contributed by atoms with van der Waals surface area (Å²) in [5.74, 6) is -0.370. The van der Waals surface area contributed by atoms with Crippen molar-refractivity contribution in [3.8, 4) is 16.3 Å². The summed E-state index contributed by atoms with van der Waals surface area (Å²) in [4.78, 5) is 15.6. The maximum atomic E-state index is 11.1. The number of rotatable bonds is 7. The molecule has 0 bridgehead atoms. The number of thiazole rings is 1. The zero-order valence-corrected chi connectivity index (χ0v) is 19.1. The lowest BCUT2D eigenvalue weighted by atomic mass is 9.78. The normalized spacial score (nSPS) is 11.3. The van der Waals surface area contributed by atoms with Crippen molar-refractivity contribution in [2.24, 2.45) is 0 Å². The molecular weight excluding hydrogens is 418 g/mol. The topological polar surface area (TPSA) is 62.2 Å². The first-order valence-corrected chi connectivity index (χ1v) is 11.2. The smallest absolute Gasteiger partial charge is 0.124 e. The minimum atomic E-state index is -1.19. The summed E-state index contributed by atoms with van der Waals surface area (Å²) < 4.78 is 5.97. The Hall–Kier alpha value is -3.44. The van der Waals surface area contributed by atoms with Crippen LogP contribution < -0.4 is 9.84 Å². The highest BCUT2D eigenvalue weighted by atomic mass is 32.1. The number of hydrogen-bond acceptors (Lipinski definition) is 5. The van der Waals surface area contributed by atoms with Gasteiger partial charge in [-0.15, -0.1) is 11.3 Å². The lowest BCUT2D eigenvalue weighted by Crippen LogP contribution is -2.21. The maximum absolute atomic E-state index is 11.1. The van der Waals surface area contributed by atoms with Gasteiger partial charge in [-0.2, -0.15) is 0 Å². The molecule has 0 amide bonds. The largest absolute Gasteiger partial charge is 0.544 e. The molecule has 0 aliphatic carbocycles. The van der Waals surface area contributed by atoms with Crippen LogP contribution in [0.5, 0.6) is 5.75 Å². The van der Waals surface area contributed by atoms with Crippen LogP contribution in [0, 0.1) is 6.92 Å². The Kier molecular flexibility index (Phi) is 6.10. The van der Waals surface area contributed by atoms with Crippen LogP contribution in [-0.2, 0) is 12.0 Å². The monoisotopic (exact) mass is 442 g/mol. The molecule has 3 aromatic carbocycles. The van der Waals surface area contributed by atoms with Crippen LogP contribution in [0.1, 0.15) is 45.9 Å². The highest BCUT2D eigenvalue weighted by molar-refractivity contribution is 7.17. The molecule has 0 fully saturated rings. The molecule has 0 N–H and O–H groups in total. The average molecular weight is 443 g/mol. The van der Waals surface area contributed by atoms with Crippen molar-refractivity contribution in [2.75, 3.05) is 0 Å². The Morgan fingerprint density at radius 1 is 0.938 bits per heavy atom. The fourth-order valence-corrected chi connectivity index (χ4v) is 4.52. The van der Waals surface area contributed by atoms with Crippen molar-refractivity contribution in [3.05, 3.63) is 106 Å². The summed E-state index contributed by atoms with van der Waals surface area (Å²) in [7, 11) is 0. The van der Waals surface area contributed by atoms with Crippen molar-refractivity contribution in [1.29, 1.82) is 0 Å². The van der Waals surface area contributed by atoms with Crippen LogP contribution >= 0.6 is 11.3 Å². The van der Waals surface area contributed by atoms with Gasteiger partial charge in [-0.05, 0) is 35.7 Å². The molecule has 32 heavy (non-hydrogen) atoms. The van der Waals surface area contributed by atoms with E-state index in [1.807, 2.05) is 42.5 Å². The van der Waals surface area contributed by atoms with E-state index >= 15 is 0 Å². The lowest BCUT2D eigenvalue weighted by molar-refractivity contribution is -0.254. The molecule has 5 heteroatoms. The summed E-state index contributed by atoms with van der Waals surface area (Å²) in [6.07, 6.45) is 0. The molecule has 4 aromatic rings. The van der Waals surface area contributed by atoms with Crippen LogP contribution in [0.25, 0.3) is 10.6 Å². The first kappa shape index (κ1) is 21.8. The van der Waals surface area contributed by atoms with E-state index in [9.17, 15) is 9.90 Å². The Morgan fingerprint density at radius 3 is 2.16 bits per heavy atom. The predicted molar refractivity (Wildman–Crippen MR) is 126 cm³/mol. The number of aryl methyl sites for hydroxylation is 1. The second-order valence-electron chi connectivity index (χ2n) is 8.22. The summed E-state index contributed by atoms with van der Waals surface area (Å²) in [6.45, 7) is 6.57. The number of carboxylic acids is 1. The van der Waals surface area contributed by atoms with Crippen LogP contribution in [0.15, 0.2) is 78.9 Å². The Bertz CT molecular complexity index is 1210. The van der Waals surface area contributed by atoms with Gasteiger partial charge in [0, 0.05) is 11.0 Å². The van der Waals surface area contributed by atoms with Crippen LogP contribution in [0.2, 0.25) is 0 Å². The number of benzene rings is 3. The number of ether oxygens (including phenoxy) is 1. The van der Waals surface area contributed by atoms with Gasteiger partial charge in [0.25, 0.3) is 0 Å². The van der Waals surface area contributed by atoms with Crippen molar-refractivity contribution in [3.63, 3.8) is 0 Å². The number of aromatic nitrogens is 1. The van der Waals surface area contributed by atoms with Gasteiger partial charge in [-0.25, -0.2) is 4.98 Å². The van der Waals surface area contributed by atoms with E-state index < -0.39 is 5.97 Å². The molecule has 0 aliphatic heterocycles. The molecule has 0 saturated carbocycles. The molecule has 0 saturated heterocycles. The van der Waals surface area contributed by atoms with E-state index in [0.717, 1.165) is 28.2 Å².